The number of ether oxygens (including phenoxy) is 2. The van der Waals surface area contributed by atoms with Crippen LogP contribution in [0.4, 0.5) is 11.6 Å². The molecule has 1 atom stereocenters. The second-order valence-corrected chi connectivity index (χ2v) is 10.6. The number of amides is 1. The minimum absolute atomic E-state index is 0.0880. The zero-order valence-electron chi connectivity index (χ0n) is 21.2. The molecule has 11 nitrogen and oxygen atoms in total. The van der Waals surface area contributed by atoms with Crippen molar-refractivity contribution in [3.8, 4) is 11.6 Å². The fraction of sp³-hybridized carbons (Fsp3) is 0.231. The molecule has 0 aliphatic carbocycles. The Bertz CT molecular complexity index is 1490. The first-order chi connectivity index (χ1) is 18.2. The van der Waals surface area contributed by atoms with Gasteiger partial charge in [0.2, 0.25) is 5.88 Å². The summed E-state index contributed by atoms with van der Waals surface area (Å²) in [6.45, 7) is 2.80. The lowest BCUT2D eigenvalue weighted by Gasteiger charge is -2.15. The smallest absolute Gasteiger partial charge is 0.257 e. The number of hydrogen-bond acceptors (Lipinski definition) is 9. The Hall–Kier alpha value is -4.29. The maximum atomic E-state index is 13.1. The van der Waals surface area contributed by atoms with Crippen molar-refractivity contribution in [2.45, 2.75) is 24.4 Å². The van der Waals surface area contributed by atoms with Gasteiger partial charge in [0.25, 0.3) is 5.91 Å². The molecule has 1 unspecified atom stereocenters. The fourth-order valence-electron chi connectivity index (χ4n) is 3.54. The van der Waals surface area contributed by atoms with E-state index in [4.69, 9.17) is 9.47 Å². The number of sulfone groups is 1. The van der Waals surface area contributed by atoms with Crippen LogP contribution in [0.1, 0.15) is 23.0 Å². The maximum Gasteiger partial charge on any atom is 0.257 e. The number of pyridine rings is 2. The Kier molecular flexibility index (Phi) is 8.34. The number of benzene rings is 1. The van der Waals surface area contributed by atoms with Gasteiger partial charge in [0.1, 0.15) is 11.6 Å². The molecule has 0 spiro atoms. The second kappa shape index (κ2) is 11.8. The average molecular weight is 537 g/mol. The third-order valence-corrected chi connectivity index (χ3v) is 6.41. The topological polar surface area (TPSA) is 137 Å². The Morgan fingerprint density at radius 3 is 2.55 bits per heavy atom. The van der Waals surface area contributed by atoms with E-state index in [9.17, 15) is 13.2 Å². The molecule has 38 heavy (non-hydrogen) atoms. The number of hydrogen-bond donors (Lipinski definition) is 2. The number of carbonyl (C=O) groups excluding carboxylic acids is 1. The monoisotopic (exact) mass is 536 g/mol. The number of methoxy groups -OCH3 is 1. The third kappa shape index (κ3) is 7.37. The van der Waals surface area contributed by atoms with Crippen molar-refractivity contribution in [1.29, 1.82) is 0 Å². The van der Waals surface area contributed by atoms with Crippen LogP contribution in [0, 0.1) is 0 Å². The van der Waals surface area contributed by atoms with E-state index in [0.29, 0.717) is 30.5 Å². The zero-order chi connectivity index (χ0) is 27.1. The molecule has 0 radical (unpaired) electrons. The van der Waals surface area contributed by atoms with Crippen LogP contribution in [0.5, 0.6) is 11.6 Å². The van der Waals surface area contributed by atoms with E-state index >= 15 is 0 Å². The quantitative estimate of drug-likeness (QED) is 0.294. The minimum atomic E-state index is -3.34. The lowest BCUT2D eigenvalue weighted by Crippen LogP contribution is -2.22. The summed E-state index contributed by atoms with van der Waals surface area (Å²) in [6, 6.07) is 16.3. The van der Waals surface area contributed by atoms with E-state index in [-0.39, 0.29) is 22.4 Å². The van der Waals surface area contributed by atoms with Crippen LogP contribution < -0.4 is 15.4 Å². The molecule has 3 heterocycles. The number of nitrogens with zero attached hydrogens (tertiary/aromatic N) is 4. The average Bonchev–Trinajstić information content (AvgIpc) is 3.31. The Morgan fingerprint density at radius 2 is 1.87 bits per heavy atom. The first kappa shape index (κ1) is 26.8. The SMILES string of the molecule is COCC(C)Nc1cc(C(=O)Nc2ccn(Cc3ccccn3)n2)cc(Oc2ccc(S(C)(=O)=O)cc2)n1. The maximum absolute atomic E-state index is 13.1. The highest BCUT2D eigenvalue weighted by Gasteiger charge is 2.15. The van der Waals surface area contributed by atoms with Crippen molar-refractivity contribution >= 4 is 27.4 Å². The molecule has 0 aliphatic rings. The number of rotatable bonds is 11. The molecule has 3 aromatic heterocycles. The number of nitrogens with one attached hydrogen (secondary N) is 2. The van der Waals surface area contributed by atoms with E-state index in [1.54, 1.807) is 36.3 Å². The molecule has 0 fully saturated rings. The summed E-state index contributed by atoms with van der Waals surface area (Å²) in [5.74, 6) is 0.897. The van der Waals surface area contributed by atoms with Crippen LogP contribution in [0.3, 0.4) is 0 Å². The van der Waals surface area contributed by atoms with E-state index in [2.05, 4.69) is 25.7 Å². The van der Waals surface area contributed by atoms with Crippen molar-refractivity contribution < 1.29 is 22.7 Å². The first-order valence-corrected chi connectivity index (χ1v) is 13.6. The van der Waals surface area contributed by atoms with Gasteiger partial charge in [0.05, 0.1) is 23.7 Å². The molecular weight excluding hydrogens is 508 g/mol. The summed E-state index contributed by atoms with van der Waals surface area (Å²) in [6.07, 6.45) is 4.60. The summed E-state index contributed by atoms with van der Waals surface area (Å²) in [4.78, 5) is 22.0. The summed E-state index contributed by atoms with van der Waals surface area (Å²) in [5, 5.41) is 10.4. The van der Waals surface area contributed by atoms with Gasteiger partial charge < -0.3 is 20.1 Å². The van der Waals surface area contributed by atoms with Crippen LogP contribution in [-0.4, -0.2) is 60.1 Å². The predicted octanol–water partition coefficient (Wildman–Crippen LogP) is 3.62. The van der Waals surface area contributed by atoms with Gasteiger partial charge in [-0.15, -0.1) is 0 Å². The summed E-state index contributed by atoms with van der Waals surface area (Å²) in [7, 11) is -1.74. The van der Waals surface area contributed by atoms with E-state index in [0.717, 1.165) is 11.9 Å². The molecule has 1 aromatic carbocycles. The van der Waals surface area contributed by atoms with Gasteiger partial charge in [-0.05, 0) is 49.4 Å². The van der Waals surface area contributed by atoms with E-state index < -0.39 is 15.7 Å². The van der Waals surface area contributed by atoms with Gasteiger partial charge in [0, 0.05) is 49.5 Å². The molecule has 12 heteroatoms. The van der Waals surface area contributed by atoms with Crippen molar-refractivity contribution in [2.24, 2.45) is 0 Å². The van der Waals surface area contributed by atoms with Crippen molar-refractivity contribution in [1.82, 2.24) is 19.7 Å². The Morgan fingerprint density at radius 1 is 1.08 bits per heavy atom. The van der Waals surface area contributed by atoms with Crippen molar-refractivity contribution in [3.63, 3.8) is 0 Å². The Labute approximate surface area is 220 Å². The largest absolute Gasteiger partial charge is 0.439 e. The fourth-order valence-corrected chi connectivity index (χ4v) is 4.18. The van der Waals surface area contributed by atoms with Gasteiger partial charge in [0.15, 0.2) is 15.7 Å². The van der Waals surface area contributed by atoms with Gasteiger partial charge in [-0.3, -0.25) is 14.5 Å². The van der Waals surface area contributed by atoms with Crippen LogP contribution in [-0.2, 0) is 21.1 Å². The number of aromatic nitrogens is 4. The van der Waals surface area contributed by atoms with Crippen LogP contribution in [0.2, 0.25) is 0 Å². The first-order valence-electron chi connectivity index (χ1n) is 11.7. The molecule has 0 saturated carbocycles. The summed E-state index contributed by atoms with van der Waals surface area (Å²) >= 11 is 0. The number of anilines is 2. The molecule has 1 amide bonds. The zero-order valence-corrected chi connectivity index (χ0v) is 22.0. The van der Waals surface area contributed by atoms with Crippen LogP contribution >= 0.6 is 0 Å². The van der Waals surface area contributed by atoms with Crippen LogP contribution in [0.15, 0.2) is 78.0 Å². The van der Waals surface area contributed by atoms with Gasteiger partial charge in [-0.2, -0.15) is 10.1 Å². The predicted molar refractivity (Wildman–Crippen MR) is 142 cm³/mol. The summed E-state index contributed by atoms with van der Waals surface area (Å²) in [5.41, 5.74) is 1.13. The molecule has 0 aliphatic heterocycles. The molecule has 198 valence electrons. The number of carbonyl (C=O) groups is 1. The standard InChI is InChI=1S/C26H28N6O5S/c1-18(17-36-2)28-24-14-19(15-25(29-24)37-21-7-9-22(10-8-21)38(3,34)35)26(33)30-23-11-13-32(31-23)16-20-6-4-5-12-27-20/h4-15,18H,16-17H2,1-3H3,(H,28,29)(H,30,31,33). The van der Waals surface area contributed by atoms with E-state index in [1.165, 1.54) is 30.3 Å². The molecule has 0 bridgehead atoms. The van der Waals surface area contributed by atoms with Crippen molar-refractivity contribution in [3.05, 3.63) is 84.3 Å². The van der Waals surface area contributed by atoms with Crippen molar-refractivity contribution in [2.75, 3.05) is 30.6 Å². The normalized spacial score (nSPS) is 12.1. The van der Waals surface area contributed by atoms with Gasteiger partial charge in [-0.1, -0.05) is 6.07 Å². The minimum Gasteiger partial charge on any atom is -0.439 e. The molecule has 4 aromatic rings. The lowest BCUT2D eigenvalue weighted by molar-refractivity contribution is 0.102. The highest BCUT2D eigenvalue weighted by Crippen LogP contribution is 2.25. The van der Waals surface area contributed by atoms with Crippen LogP contribution in [0.25, 0.3) is 0 Å². The van der Waals surface area contributed by atoms with Gasteiger partial charge in [-0.25, -0.2) is 8.42 Å². The molecular formula is C26H28N6O5S. The van der Waals surface area contributed by atoms with E-state index in [1.807, 2.05) is 25.1 Å². The lowest BCUT2D eigenvalue weighted by atomic mass is 10.2. The summed E-state index contributed by atoms with van der Waals surface area (Å²) < 4.78 is 36.2. The molecule has 2 N–H and O–H groups in total. The Balaban J connectivity index is 1.54. The molecule has 4 rings (SSSR count). The highest BCUT2D eigenvalue weighted by molar-refractivity contribution is 7.90. The van der Waals surface area contributed by atoms with Gasteiger partial charge >= 0.3 is 0 Å². The highest BCUT2D eigenvalue weighted by atomic mass is 32.2. The third-order valence-electron chi connectivity index (χ3n) is 5.28. The second-order valence-electron chi connectivity index (χ2n) is 8.60. The molecule has 0 saturated heterocycles.